The monoisotopic (exact) mass is 565 g/mol. The molecule has 0 spiro atoms. The topological polar surface area (TPSA) is 73.2 Å². The number of methoxy groups -OCH3 is 1. The number of hydrogen-bond donors (Lipinski definition) is 0. The van der Waals surface area contributed by atoms with Gasteiger partial charge in [0.15, 0.2) is 11.5 Å². The maximum atomic E-state index is 14.0. The van der Waals surface area contributed by atoms with Gasteiger partial charge in [-0.05, 0) is 54.8 Å². The van der Waals surface area contributed by atoms with Crippen molar-refractivity contribution >= 4 is 23.4 Å². The van der Waals surface area contributed by atoms with Gasteiger partial charge in [-0.25, -0.2) is 0 Å². The summed E-state index contributed by atoms with van der Waals surface area (Å²) < 4.78 is 18.3. The van der Waals surface area contributed by atoms with Crippen molar-refractivity contribution in [2.24, 2.45) is 0 Å². The lowest BCUT2D eigenvalue weighted by Crippen LogP contribution is -2.48. The number of halogens is 1. The molecule has 8 nitrogen and oxygen atoms in total. The van der Waals surface area contributed by atoms with Gasteiger partial charge in [0, 0.05) is 48.7 Å². The summed E-state index contributed by atoms with van der Waals surface area (Å²) in [7, 11) is 1.59. The summed E-state index contributed by atoms with van der Waals surface area (Å²) in [5.41, 5.74) is 2.51. The fourth-order valence-corrected chi connectivity index (χ4v) is 5.66. The van der Waals surface area contributed by atoms with Crippen LogP contribution in [0, 0.1) is 0 Å². The van der Waals surface area contributed by atoms with Crippen molar-refractivity contribution in [2.75, 3.05) is 33.6 Å². The highest BCUT2D eigenvalue weighted by Gasteiger charge is 2.29. The Morgan fingerprint density at radius 1 is 1.02 bits per heavy atom. The molecule has 1 aliphatic carbocycles. The Labute approximate surface area is 240 Å². The zero-order valence-corrected chi connectivity index (χ0v) is 23.6. The van der Waals surface area contributed by atoms with Crippen molar-refractivity contribution in [3.63, 3.8) is 0 Å². The van der Waals surface area contributed by atoms with Crippen molar-refractivity contribution in [3.05, 3.63) is 82.6 Å². The van der Waals surface area contributed by atoms with E-state index in [4.69, 9.17) is 25.8 Å². The lowest BCUT2D eigenvalue weighted by atomic mass is 9.94. The summed E-state index contributed by atoms with van der Waals surface area (Å²) >= 11 is 6.44. The lowest BCUT2D eigenvalue weighted by Gasteiger charge is -2.36. The van der Waals surface area contributed by atoms with Crippen LogP contribution in [0.5, 0.6) is 11.5 Å². The average Bonchev–Trinajstić information content (AvgIpc) is 3.64. The van der Waals surface area contributed by atoms with Gasteiger partial charge in [0.1, 0.15) is 6.54 Å². The number of ether oxygens (including phenoxy) is 3. The van der Waals surface area contributed by atoms with Crippen LogP contribution in [0.1, 0.15) is 53.7 Å². The number of benzene rings is 2. The van der Waals surface area contributed by atoms with Crippen LogP contribution in [-0.2, 0) is 22.6 Å². The van der Waals surface area contributed by atoms with Gasteiger partial charge in [0.05, 0.1) is 13.2 Å². The highest BCUT2D eigenvalue weighted by Crippen LogP contribution is 2.33. The fraction of sp³-hybridized carbons (Fsp3) is 0.419. The Hall–Kier alpha value is -3.49. The predicted molar refractivity (Wildman–Crippen MR) is 153 cm³/mol. The lowest BCUT2D eigenvalue weighted by molar-refractivity contribution is -0.136. The number of carbonyl (C=O) groups is 2. The molecular formula is C31H36ClN3O5. The molecule has 40 heavy (non-hydrogen) atoms. The Balaban J connectivity index is 1.36. The van der Waals surface area contributed by atoms with Crippen molar-refractivity contribution in [3.8, 4) is 11.5 Å². The van der Waals surface area contributed by atoms with Crippen molar-refractivity contribution in [1.82, 2.24) is 14.4 Å². The van der Waals surface area contributed by atoms with Crippen LogP contribution in [-0.4, -0.2) is 65.8 Å². The van der Waals surface area contributed by atoms with Crippen LogP contribution in [0.4, 0.5) is 0 Å². The first-order chi connectivity index (χ1) is 19.5. The van der Waals surface area contributed by atoms with E-state index in [1.54, 1.807) is 30.2 Å². The largest absolute Gasteiger partial charge is 0.454 e. The molecule has 0 radical (unpaired) electrons. The van der Waals surface area contributed by atoms with Crippen LogP contribution >= 0.6 is 11.6 Å². The SMILES string of the molecule is COCCN(CC(=O)N(Cc1cccn1Cc1ccccc1Cl)C1CCCCC1)C(=O)c1ccc2c(c1)OCO2. The summed E-state index contributed by atoms with van der Waals surface area (Å²) in [5, 5.41) is 0.721. The first-order valence-electron chi connectivity index (χ1n) is 13.9. The third-order valence-corrected chi connectivity index (χ3v) is 8.06. The minimum Gasteiger partial charge on any atom is -0.454 e. The number of hydrogen-bond acceptors (Lipinski definition) is 5. The van der Waals surface area contributed by atoms with E-state index in [1.807, 2.05) is 41.4 Å². The Bertz CT molecular complexity index is 1320. The van der Waals surface area contributed by atoms with Gasteiger partial charge in [0.2, 0.25) is 12.7 Å². The molecular weight excluding hydrogens is 530 g/mol. The molecule has 2 aromatic carbocycles. The zero-order valence-electron chi connectivity index (χ0n) is 22.9. The van der Waals surface area contributed by atoms with E-state index in [0.717, 1.165) is 42.0 Å². The molecule has 2 heterocycles. The average molecular weight is 566 g/mol. The van der Waals surface area contributed by atoms with E-state index in [9.17, 15) is 9.59 Å². The maximum absolute atomic E-state index is 14.0. The molecule has 1 saturated carbocycles. The molecule has 5 rings (SSSR count). The van der Waals surface area contributed by atoms with Crippen molar-refractivity contribution < 1.29 is 23.8 Å². The van der Waals surface area contributed by atoms with Gasteiger partial charge >= 0.3 is 0 Å². The standard InChI is InChI=1S/C31H36ClN3O5/c1-38-17-16-34(31(37)23-13-14-28-29(18-23)40-22-39-28)21-30(36)35(25-9-3-2-4-10-25)20-26-11-7-15-33(26)19-24-8-5-6-12-27(24)32/h5-8,11-15,18,25H,2-4,9-10,16-17,19-22H2,1H3. The maximum Gasteiger partial charge on any atom is 0.254 e. The van der Waals surface area contributed by atoms with Crippen LogP contribution in [0.2, 0.25) is 5.02 Å². The minimum atomic E-state index is -0.241. The zero-order chi connectivity index (χ0) is 27.9. The van der Waals surface area contributed by atoms with Crippen molar-refractivity contribution in [2.45, 2.75) is 51.2 Å². The van der Waals surface area contributed by atoms with Gasteiger partial charge in [-0.2, -0.15) is 0 Å². The Morgan fingerprint density at radius 3 is 2.62 bits per heavy atom. The quantitative estimate of drug-likeness (QED) is 0.313. The summed E-state index contributed by atoms with van der Waals surface area (Å²) in [6.45, 7) is 1.82. The van der Waals surface area contributed by atoms with Gasteiger partial charge < -0.3 is 28.6 Å². The number of rotatable bonds is 11. The molecule has 0 saturated heterocycles. The summed E-state index contributed by atoms with van der Waals surface area (Å²) in [5.74, 6) is 0.836. The molecule has 2 amide bonds. The Morgan fingerprint density at radius 2 is 1.82 bits per heavy atom. The predicted octanol–water partition coefficient (Wildman–Crippen LogP) is 5.37. The van der Waals surface area contributed by atoms with Crippen LogP contribution < -0.4 is 9.47 Å². The third kappa shape index (κ3) is 6.62. The molecule has 212 valence electrons. The molecule has 0 unspecified atom stereocenters. The van der Waals surface area contributed by atoms with E-state index in [0.29, 0.717) is 43.3 Å². The van der Waals surface area contributed by atoms with E-state index in [2.05, 4.69) is 10.6 Å². The first kappa shape index (κ1) is 28.1. The molecule has 3 aromatic rings. The third-order valence-electron chi connectivity index (χ3n) is 7.69. The first-order valence-corrected chi connectivity index (χ1v) is 14.3. The molecule has 0 bridgehead atoms. The number of fused-ring (bicyclic) bond motifs is 1. The van der Waals surface area contributed by atoms with E-state index < -0.39 is 0 Å². The number of amides is 2. The highest BCUT2D eigenvalue weighted by atomic mass is 35.5. The molecule has 9 heteroatoms. The van der Waals surface area contributed by atoms with Crippen LogP contribution in [0.15, 0.2) is 60.8 Å². The second-order valence-corrected chi connectivity index (χ2v) is 10.7. The van der Waals surface area contributed by atoms with E-state index in [-0.39, 0.29) is 31.2 Å². The van der Waals surface area contributed by atoms with Gasteiger partial charge in [-0.3, -0.25) is 9.59 Å². The number of carbonyl (C=O) groups excluding carboxylic acids is 2. The minimum absolute atomic E-state index is 0.0294. The second-order valence-electron chi connectivity index (χ2n) is 10.3. The van der Waals surface area contributed by atoms with Crippen LogP contribution in [0.3, 0.4) is 0 Å². The second kappa shape index (κ2) is 13.2. The summed E-state index contributed by atoms with van der Waals surface area (Å²) in [6, 6.07) is 17.1. The summed E-state index contributed by atoms with van der Waals surface area (Å²) in [4.78, 5) is 31.1. The van der Waals surface area contributed by atoms with E-state index in [1.165, 1.54) is 6.42 Å². The molecule has 1 aromatic heterocycles. The molecule has 1 aliphatic heterocycles. The van der Waals surface area contributed by atoms with Crippen LogP contribution in [0.25, 0.3) is 0 Å². The van der Waals surface area contributed by atoms with E-state index >= 15 is 0 Å². The van der Waals surface area contributed by atoms with Crippen molar-refractivity contribution in [1.29, 1.82) is 0 Å². The molecule has 0 N–H and O–H groups in total. The molecule has 0 atom stereocenters. The summed E-state index contributed by atoms with van der Waals surface area (Å²) in [6.07, 6.45) is 7.33. The smallest absolute Gasteiger partial charge is 0.254 e. The van der Waals surface area contributed by atoms with Gasteiger partial charge in [0.25, 0.3) is 5.91 Å². The normalized spacial score (nSPS) is 14.8. The molecule has 1 fully saturated rings. The van der Waals surface area contributed by atoms with Gasteiger partial charge in [-0.1, -0.05) is 49.1 Å². The fourth-order valence-electron chi connectivity index (χ4n) is 5.47. The number of nitrogens with zero attached hydrogens (tertiary/aromatic N) is 3. The molecule has 2 aliphatic rings. The number of aromatic nitrogens is 1. The Kier molecular flexibility index (Phi) is 9.29. The highest BCUT2D eigenvalue weighted by molar-refractivity contribution is 6.31. The van der Waals surface area contributed by atoms with Gasteiger partial charge in [-0.15, -0.1) is 0 Å².